The van der Waals surface area contributed by atoms with Crippen LogP contribution in [0, 0.1) is 11.3 Å². The Kier molecular flexibility index (Phi) is 5.55. The summed E-state index contributed by atoms with van der Waals surface area (Å²) < 4.78 is 5.84. The van der Waals surface area contributed by atoms with Gasteiger partial charge < -0.3 is 10.1 Å². The predicted molar refractivity (Wildman–Crippen MR) is 110 cm³/mol. The van der Waals surface area contributed by atoms with Gasteiger partial charge in [0.25, 0.3) is 0 Å². The van der Waals surface area contributed by atoms with Crippen LogP contribution in [0.2, 0.25) is 0 Å². The first kappa shape index (κ1) is 18.7. The van der Waals surface area contributed by atoms with Crippen molar-refractivity contribution in [3.05, 3.63) is 101 Å². The van der Waals surface area contributed by atoms with Crippen molar-refractivity contribution >= 4 is 5.91 Å². The highest BCUT2D eigenvalue weighted by molar-refractivity contribution is 5.80. The Morgan fingerprint density at radius 1 is 0.966 bits per heavy atom. The van der Waals surface area contributed by atoms with Gasteiger partial charge in [-0.15, -0.1) is 0 Å². The maximum absolute atomic E-state index is 12.0. The number of benzene rings is 3. The number of carbonyl (C=O) groups is 1. The van der Waals surface area contributed by atoms with E-state index in [0.717, 1.165) is 22.4 Å². The first-order valence-corrected chi connectivity index (χ1v) is 9.50. The van der Waals surface area contributed by atoms with E-state index in [4.69, 9.17) is 10.00 Å². The lowest BCUT2D eigenvalue weighted by Crippen LogP contribution is -2.27. The molecular formula is C24H21N3O2. The summed E-state index contributed by atoms with van der Waals surface area (Å²) in [5.41, 5.74) is 3.81. The molecule has 1 amide bonds. The van der Waals surface area contributed by atoms with E-state index in [1.54, 1.807) is 12.1 Å². The number of amides is 1. The second-order valence-corrected chi connectivity index (χ2v) is 7.03. The van der Waals surface area contributed by atoms with Crippen LogP contribution < -0.4 is 10.1 Å². The molecule has 1 atom stereocenters. The van der Waals surface area contributed by atoms with Crippen molar-refractivity contribution < 1.29 is 9.53 Å². The fourth-order valence-corrected chi connectivity index (χ4v) is 3.41. The standard InChI is InChI=1S/C24H21N3O2/c25-14-18-6-10-21(11-7-18)24-26-23(28)16-27(24)15-19-8-12-22(13-9-19)29-17-20-4-2-1-3-5-20/h1-13,24H,15-17H2,(H,26,28)/t24-/m0/s1. The first-order chi connectivity index (χ1) is 14.2. The largest absolute Gasteiger partial charge is 0.489 e. The number of nitrogens with one attached hydrogen (secondary N) is 1. The summed E-state index contributed by atoms with van der Waals surface area (Å²) in [7, 11) is 0. The second kappa shape index (κ2) is 8.59. The van der Waals surface area contributed by atoms with Gasteiger partial charge in [-0.3, -0.25) is 9.69 Å². The van der Waals surface area contributed by atoms with Gasteiger partial charge in [0.05, 0.1) is 18.2 Å². The maximum Gasteiger partial charge on any atom is 0.235 e. The normalized spacial score (nSPS) is 16.2. The van der Waals surface area contributed by atoms with Crippen molar-refractivity contribution in [3.63, 3.8) is 0 Å². The second-order valence-electron chi connectivity index (χ2n) is 7.03. The van der Waals surface area contributed by atoms with Gasteiger partial charge in [0.15, 0.2) is 0 Å². The van der Waals surface area contributed by atoms with Gasteiger partial charge in [0.2, 0.25) is 5.91 Å². The van der Waals surface area contributed by atoms with E-state index in [-0.39, 0.29) is 12.1 Å². The summed E-state index contributed by atoms with van der Waals surface area (Å²) in [5.74, 6) is 0.819. The molecule has 0 aliphatic carbocycles. The Balaban J connectivity index is 1.40. The Bertz CT molecular complexity index is 1010. The van der Waals surface area contributed by atoms with Gasteiger partial charge in [-0.2, -0.15) is 5.26 Å². The molecule has 3 aromatic rings. The third-order valence-corrected chi connectivity index (χ3v) is 4.92. The van der Waals surface area contributed by atoms with Crippen molar-refractivity contribution in [2.45, 2.75) is 19.3 Å². The summed E-state index contributed by atoms with van der Waals surface area (Å²) in [6.45, 7) is 1.52. The Morgan fingerprint density at radius 3 is 2.38 bits per heavy atom. The van der Waals surface area contributed by atoms with E-state index in [1.807, 2.05) is 66.7 Å². The molecule has 3 aromatic carbocycles. The molecular weight excluding hydrogens is 362 g/mol. The molecule has 5 heteroatoms. The van der Waals surface area contributed by atoms with Crippen molar-refractivity contribution in [1.82, 2.24) is 10.2 Å². The number of nitrogens with zero attached hydrogens (tertiary/aromatic N) is 2. The minimum Gasteiger partial charge on any atom is -0.489 e. The number of hydrogen-bond donors (Lipinski definition) is 1. The summed E-state index contributed by atoms with van der Waals surface area (Å²) in [4.78, 5) is 14.1. The molecule has 1 heterocycles. The van der Waals surface area contributed by atoms with E-state index in [0.29, 0.717) is 25.3 Å². The number of carbonyl (C=O) groups excluding carboxylic acids is 1. The van der Waals surface area contributed by atoms with Crippen LogP contribution in [-0.2, 0) is 17.9 Å². The monoisotopic (exact) mass is 383 g/mol. The van der Waals surface area contributed by atoms with E-state index < -0.39 is 0 Å². The van der Waals surface area contributed by atoms with Crippen LogP contribution in [0.1, 0.15) is 28.4 Å². The molecule has 0 radical (unpaired) electrons. The maximum atomic E-state index is 12.0. The smallest absolute Gasteiger partial charge is 0.235 e. The predicted octanol–water partition coefficient (Wildman–Crippen LogP) is 3.77. The van der Waals surface area contributed by atoms with Gasteiger partial charge in [0, 0.05) is 6.54 Å². The molecule has 144 valence electrons. The van der Waals surface area contributed by atoms with Gasteiger partial charge in [-0.1, -0.05) is 54.6 Å². The molecule has 1 aliphatic rings. The van der Waals surface area contributed by atoms with Crippen LogP contribution in [0.5, 0.6) is 5.75 Å². The molecule has 0 saturated carbocycles. The molecule has 4 rings (SSSR count). The van der Waals surface area contributed by atoms with Gasteiger partial charge in [-0.25, -0.2) is 0 Å². The topological polar surface area (TPSA) is 65.4 Å². The molecule has 1 fully saturated rings. The van der Waals surface area contributed by atoms with Crippen LogP contribution in [0.15, 0.2) is 78.9 Å². The number of rotatable bonds is 6. The van der Waals surface area contributed by atoms with Gasteiger partial charge >= 0.3 is 0 Å². The summed E-state index contributed by atoms with van der Waals surface area (Å²) in [6, 6.07) is 27.5. The highest BCUT2D eigenvalue weighted by Crippen LogP contribution is 2.25. The van der Waals surface area contributed by atoms with Crippen molar-refractivity contribution in [3.8, 4) is 11.8 Å². The summed E-state index contributed by atoms with van der Waals surface area (Å²) in [6.07, 6.45) is -0.191. The van der Waals surface area contributed by atoms with Crippen LogP contribution in [0.25, 0.3) is 0 Å². The highest BCUT2D eigenvalue weighted by atomic mass is 16.5. The average Bonchev–Trinajstić information content (AvgIpc) is 3.14. The third kappa shape index (κ3) is 4.63. The fourth-order valence-electron chi connectivity index (χ4n) is 3.41. The fraction of sp³-hybridized carbons (Fsp3) is 0.167. The van der Waals surface area contributed by atoms with Gasteiger partial charge in [-0.05, 0) is 41.0 Å². The minimum atomic E-state index is -0.191. The lowest BCUT2D eigenvalue weighted by molar-refractivity contribution is -0.118. The minimum absolute atomic E-state index is 0.00201. The van der Waals surface area contributed by atoms with Crippen molar-refractivity contribution in [1.29, 1.82) is 5.26 Å². The third-order valence-electron chi connectivity index (χ3n) is 4.92. The molecule has 0 spiro atoms. The summed E-state index contributed by atoms with van der Waals surface area (Å²) >= 11 is 0. The molecule has 0 bridgehead atoms. The van der Waals surface area contributed by atoms with Crippen LogP contribution in [0.3, 0.4) is 0 Å². The van der Waals surface area contributed by atoms with Crippen molar-refractivity contribution in [2.24, 2.45) is 0 Å². The van der Waals surface area contributed by atoms with Crippen molar-refractivity contribution in [2.75, 3.05) is 6.54 Å². The first-order valence-electron chi connectivity index (χ1n) is 9.50. The molecule has 29 heavy (non-hydrogen) atoms. The number of ether oxygens (including phenoxy) is 1. The lowest BCUT2D eigenvalue weighted by Gasteiger charge is -2.23. The van der Waals surface area contributed by atoms with E-state index in [9.17, 15) is 4.79 Å². The zero-order valence-electron chi connectivity index (χ0n) is 15.9. The Hall–Kier alpha value is -3.62. The Labute approximate surface area is 170 Å². The molecule has 0 aromatic heterocycles. The molecule has 1 N–H and O–H groups in total. The SMILES string of the molecule is N#Cc1ccc([C@H]2NC(=O)CN2Cc2ccc(OCc3ccccc3)cc2)cc1. The average molecular weight is 383 g/mol. The summed E-state index contributed by atoms with van der Waals surface area (Å²) in [5, 5.41) is 12.0. The zero-order valence-corrected chi connectivity index (χ0v) is 15.9. The van der Waals surface area contributed by atoms with E-state index in [1.165, 1.54) is 0 Å². The van der Waals surface area contributed by atoms with Crippen LogP contribution in [-0.4, -0.2) is 17.4 Å². The lowest BCUT2D eigenvalue weighted by atomic mass is 10.1. The van der Waals surface area contributed by atoms with Crippen LogP contribution in [0.4, 0.5) is 0 Å². The van der Waals surface area contributed by atoms with Gasteiger partial charge in [0.1, 0.15) is 18.5 Å². The number of hydrogen-bond acceptors (Lipinski definition) is 4. The molecule has 0 unspecified atom stereocenters. The van der Waals surface area contributed by atoms with E-state index >= 15 is 0 Å². The number of nitriles is 1. The molecule has 5 nitrogen and oxygen atoms in total. The van der Waals surface area contributed by atoms with E-state index in [2.05, 4.69) is 16.3 Å². The highest BCUT2D eigenvalue weighted by Gasteiger charge is 2.30. The quantitative estimate of drug-likeness (QED) is 0.704. The Morgan fingerprint density at radius 2 is 1.69 bits per heavy atom. The van der Waals surface area contributed by atoms with Crippen LogP contribution >= 0.6 is 0 Å². The molecule has 1 saturated heterocycles. The molecule has 1 aliphatic heterocycles. The zero-order chi connectivity index (χ0) is 20.1.